The molecule has 5 rings (SSSR count). The first-order valence-corrected chi connectivity index (χ1v) is 13.9. The second kappa shape index (κ2) is 12.4. The van der Waals surface area contributed by atoms with E-state index in [1.54, 1.807) is 25.3 Å². The minimum Gasteiger partial charge on any atom is -0.495 e. The number of nitrogens with zero attached hydrogens (tertiary/aromatic N) is 2. The standard InChI is InChI=1S/C30H20Br2N4O6/c1-41-24-9-5-8-22-25(17-6-3-2-4-7-17)27(34-26(22)24)29(37)35-33-16-19-14-20(31)15-23(32)28(19)42-30(38)18-10-12-21(13-11-18)36(39)40/h2-16,34H,1H3,(H,35,37). The molecule has 0 aliphatic heterocycles. The van der Waals surface area contributed by atoms with E-state index in [2.05, 4.69) is 47.4 Å². The van der Waals surface area contributed by atoms with Gasteiger partial charge in [-0.15, -0.1) is 0 Å². The van der Waals surface area contributed by atoms with Gasteiger partial charge in [0.2, 0.25) is 0 Å². The first-order valence-electron chi connectivity index (χ1n) is 12.3. The number of hydrogen-bond donors (Lipinski definition) is 2. The van der Waals surface area contributed by atoms with Crippen molar-refractivity contribution in [2.75, 3.05) is 7.11 Å². The fourth-order valence-corrected chi connectivity index (χ4v) is 5.65. The number of rotatable bonds is 8. The fraction of sp³-hybridized carbons (Fsp3) is 0.0333. The zero-order valence-corrected chi connectivity index (χ0v) is 24.9. The number of hydrogen-bond acceptors (Lipinski definition) is 7. The number of aromatic nitrogens is 1. The summed E-state index contributed by atoms with van der Waals surface area (Å²) in [5, 5.41) is 15.9. The van der Waals surface area contributed by atoms with Gasteiger partial charge in [0.05, 0.1) is 33.8 Å². The molecule has 0 fully saturated rings. The number of nitro benzene ring substituents is 1. The second-order valence-electron chi connectivity index (χ2n) is 8.82. The molecule has 0 bridgehead atoms. The number of para-hydroxylation sites is 1. The highest BCUT2D eigenvalue weighted by molar-refractivity contribution is 9.11. The first-order chi connectivity index (χ1) is 20.3. The Hall–Kier alpha value is -4.81. The number of nitrogens with one attached hydrogen (secondary N) is 2. The number of non-ortho nitro benzene ring substituents is 1. The van der Waals surface area contributed by atoms with Crippen LogP contribution in [0, 0.1) is 10.1 Å². The molecule has 4 aromatic carbocycles. The maximum absolute atomic E-state index is 13.4. The zero-order chi connectivity index (χ0) is 29.8. The highest BCUT2D eigenvalue weighted by Gasteiger charge is 2.21. The molecule has 1 amide bonds. The predicted molar refractivity (Wildman–Crippen MR) is 165 cm³/mol. The lowest BCUT2D eigenvalue weighted by Gasteiger charge is -2.10. The van der Waals surface area contributed by atoms with Crippen molar-refractivity contribution in [2.24, 2.45) is 5.10 Å². The van der Waals surface area contributed by atoms with Crippen molar-refractivity contribution in [1.82, 2.24) is 10.4 Å². The van der Waals surface area contributed by atoms with Gasteiger partial charge in [-0.05, 0) is 51.8 Å². The van der Waals surface area contributed by atoms with E-state index in [1.807, 2.05) is 42.5 Å². The molecule has 2 N–H and O–H groups in total. The molecule has 0 atom stereocenters. The summed E-state index contributed by atoms with van der Waals surface area (Å²) >= 11 is 6.80. The first kappa shape index (κ1) is 28.7. The summed E-state index contributed by atoms with van der Waals surface area (Å²) in [6, 6.07) is 23.4. The molecule has 0 unspecified atom stereocenters. The van der Waals surface area contributed by atoms with Gasteiger partial charge in [0, 0.05) is 33.1 Å². The summed E-state index contributed by atoms with van der Waals surface area (Å²) in [6.45, 7) is 0. The predicted octanol–water partition coefficient (Wildman–Crippen LogP) is 7.26. The lowest BCUT2D eigenvalue weighted by atomic mass is 10.0. The monoisotopic (exact) mass is 690 g/mol. The Kier molecular flexibility index (Phi) is 8.46. The third-order valence-corrected chi connectivity index (χ3v) is 7.27. The number of nitro groups is 1. The molecule has 0 saturated heterocycles. The number of hydrazone groups is 1. The van der Waals surface area contributed by atoms with Crippen LogP contribution in [0.1, 0.15) is 26.4 Å². The van der Waals surface area contributed by atoms with Crippen LogP contribution in [0.3, 0.4) is 0 Å². The molecule has 42 heavy (non-hydrogen) atoms. The number of carbonyl (C=O) groups is 2. The minimum atomic E-state index is -0.730. The van der Waals surface area contributed by atoms with Gasteiger partial charge in [0.1, 0.15) is 11.4 Å². The summed E-state index contributed by atoms with van der Waals surface area (Å²) in [5.41, 5.74) is 5.38. The van der Waals surface area contributed by atoms with Gasteiger partial charge in [0.25, 0.3) is 11.6 Å². The van der Waals surface area contributed by atoms with E-state index in [-0.39, 0.29) is 22.7 Å². The van der Waals surface area contributed by atoms with Crippen LogP contribution in [0.25, 0.3) is 22.0 Å². The number of H-pyrrole nitrogens is 1. The van der Waals surface area contributed by atoms with E-state index in [4.69, 9.17) is 9.47 Å². The number of ether oxygens (including phenoxy) is 2. The van der Waals surface area contributed by atoms with E-state index in [1.165, 1.54) is 30.5 Å². The molecule has 5 aromatic rings. The minimum absolute atomic E-state index is 0.120. The van der Waals surface area contributed by atoms with Gasteiger partial charge >= 0.3 is 5.97 Å². The van der Waals surface area contributed by atoms with E-state index in [0.717, 1.165) is 10.9 Å². The number of benzene rings is 4. The molecule has 12 heteroatoms. The van der Waals surface area contributed by atoms with Crippen molar-refractivity contribution in [3.05, 3.63) is 121 Å². The Balaban J connectivity index is 1.43. The number of esters is 1. The molecule has 10 nitrogen and oxygen atoms in total. The van der Waals surface area contributed by atoms with Crippen molar-refractivity contribution in [3.8, 4) is 22.6 Å². The Bertz CT molecular complexity index is 1850. The normalized spacial score (nSPS) is 11.0. The number of aromatic amines is 1. The number of carbonyl (C=O) groups excluding carboxylic acids is 2. The molecule has 210 valence electrons. The van der Waals surface area contributed by atoms with Gasteiger partial charge in [-0.2, -0.15) is 5.10 Å². The quantitative estimate of drug-likeness (QED) is 0.0578. The molecule has 0 spiro atoms. The molecular formula is C30H20Br2N4O6. The van der Waals surface area contributed by atoms with Crippen LogP contribution in [-0.2, 0) is 0 Å². The Morgan fingerprint density at radius 2 is 1.74 bits per heavy atom. The second-order valence-corrected chi connectivity index (χ2v) is 10.6. The summed E-state index contributed by atoms with van der Waals surface area (Å²) in [6.07, 6.45) is 1.34. The van der Waals surface area contributed by atoms with Crippen LogP contribution >= 0.6 is 31.9 Å². The summed E-state index contributed by atoms with van der Waals surface area (Å²) in [5.74, 6) is -0.501. The van der Waals surface area contributed by atoms with Gasteiger partial charge < -0.3 is 14.5 Å². The highest BCUT2D eigenvalue weighted by Crippen LogP contribution is 2.37. The van der Waals surface area contributed by atoms with Crippen LogP contribution in [-0.4, -0.2) is 35.1 Å². The van der Waals surface area contributed by atoms with Crippen LogP contribution in [0.2, 0.25) is 0 Å². The molecule has 1 heterocycles. The van der Waals surface area contributed by atoms with Crippen molar-refractivity contribution in [2.45, 2.75) is 0 Å². The summed E-state index contributed by atoms with van der Waals surface area (Å²) in [4.78, 5) is 39.8. The fourth-order valence-electron chi connectivity index (χ4n) is 4.31. The third-order valence-electron chi connectivity index (χ3n) is 6.22. The van der Waals surface area contributed by atoms with E-state index < -0.39 is 16.8 Å². The maximum Gasteiger partial charge on any atom is 0.343 e. The molecule has 1 aromatic heterocycles. The number of amides is 1. The number of fused-ring (bicyclic) bond motifs is 1. The maximum atomic E-state index is 13.4. The van der Waals surface area contributed by atoms with Crippen molar-refractivity contribution >= 4 is 66.5 Å². The van der Waals surface area contributed by atoms with Gasteiger partial charge in [-0.25, -0.2) is 10.2 Å². The summed E-state index contributed by atoms with van der Waals surface area (Å²) < 4.78 is 12.2. The number of halogens is 2. The lowest BCUT2D eigenvalue weighted by Crippen LogP contribution is -2.19. The summed E-state index contributed by atoms with van der Waals surface area (Å²) in [7, 11) is 1.56. The van der Waals surface area contributed by atoms with Gasteiger partial charge in [0.15, 0.2) is 5.75 Å². The lowest BCUT2D eigenvalue weighted by molar-refractivity contribution is -0.384. The van der Waals surface area contributed by atoms with E-state index in [0.29, 0.717) is 31.3 Å². The Morgan fingerprint density at radius 3 is 2.43 bits per heavy atom. The average molecular weight is 692 g/mol. The van der Waals surface area contributed by atoms with Crippen LogP contribution in [0.5, 0.6) is 11.5 Å². The topological polar surface area (TPSA) is 136 Å². The average Bonchev–Trinajstić information content (AvgIpc) is 3.39. The SMILES string of the molecule is COc1cccc2c(-c3ccccc3)c(C(=O)NN=Cc3cc(Br)cc(Br)c3OC(=O)c3ccc([N+](=O)[O-])cc3)[nH]c12. The largest absolute Gasteiger partial charge is 0.495 e. The molecule has 0 aliphatic carbocycles. The smallest absolute Gasteiger partial charge is 0.343 e. The Labute approximate surface area is 255 Å². The van der Waals surface area contributed by atoms with Crippen molar-refractivity contribution < 1.29 is 24.0 Å². The van der Waals surface area contributed by atoms with Crippen molar-refractivity contribution in [1.29, 1.82) is 0 Å². The molecule has 0 aliphatic rings. The highest BCUT2D eigenvalue weighted by atomic mass is 79.9. The Morgan fingerprint density at radius 1 is 1.00 bits per heavy atom. The van der Waals surface area contributed by atoms with E-state index >= 15 is 0 Å². The van der Waals surface area contributed by atoms with Gasteiger partial charge in [-0.3, -0.25) is 14.9 Å². The number of methoxy groups -OCH3 is 1. The van der Waals surface area contributed by atoms with Crippen LogP contribution < -0.4 is 14.9 Å². The van der Waals surface area contributed by atoms with Crippen LogP contribution in [0.15, 0.2) is 99.0 Å². The third kappa shape index (κ3) is 5.94. The van der Waals surface area contributed by atoms with Gasteiger partial charge in [-0.1, -0.05) is 58.4 Å². The molecular weight excluding hydrogens is 672 g/mol. The molecule has 0 radical (unpaired) electrons. The zero-order valence-electron chi connectivity index (χ0n) is 21.8. The molecule has 0 saturated carbocycles. The van der Waals surface area contributed by atoms with E-state index in [9.17, 15) is 19.7 Å². The van der Waals surface area contributed by atoms with Crippen molar-refractivity contribution in [3.63, 3.8) is 0 Å². The van der Waals surface area contributed by atoms with Crippen LogP contribution in [0.4, 0.5) is 5.69 Å².